The largest absolute Gasteiger partial charge is 0.392 e. The molecule has 0 bridgehead atoms. The van der Waals surface area contributed by atoms with Gasteiger partial charge in [0.05, 0.1) is 6.61 Å². The standard InChI is InChI=1S/C14H28O/c1-3-4-5-6-7-8-9-10-11-12-14(2)13-15/h15H,2-13H2,1H3. The Kier molecular flexibility index (Phi) is 11.5. The second-order valence-electron chi connectivity index (χ2n) is 4.49. The second kappa shape index (κ2) is 11.8. The Morgan fingerprint density at radius 2 is 1.33 bits per heavy atom. The summed E-state index contributed by atoms with van der Waals surface area (Å²) in [6.07, 6.45) is 13.2. The van der Waals surface area contributed by atoms with Gasteiger partial charge in [-0.05, 0) is 12.8 Å². The van der Waals surface area contributed by atoms with Crippen molar-refractivity contribution in [2.45, 2.75) is 71.1 Å². The minimum Gasteiger partial charge on any atom is -0.392 e. The molecule has 0 unspecified atom stereocenters. The molecule has 0 aliphatic carbocycles. The van der Waals surface area contributed by atoms with Gasteiger partial charge in [0, 0.05) is 0 Å². The SMILES string of the molecule is C=C(CO)CCCCCCCCCCC. The van der Waals surface area contributed by atoms with Gasteiger partial charge in [0.25, 0.3) is 0 Å². The average Bonchev–Trinajstić information content (AvgIpc) is 2.26. The van der Waals surface area contributed by atoms with Gasteiger partial charge in [0.15, 0.2) is 0 Å². The highest BCUT2D eigenvalue weighted by atomic mass is 16.3. The van der Waals surface area contributed by atoms with Crippen molar-refractivity contribution in [3.05, 3.63) is 12.2 Å². The third-order valence-corrected chi connectivity index (χ3v) is 2.86. The zero-order chi connectivity index (χ0) is 11.4. The molecule has 0 rings (SSSR count). The zero-order valence-corrected chi connectivity index (χ0v) is 10.4. The third-order valence-electron chi connectivity index (χ3n) is 2.86. The maximum atomic E-state index is 8.76. The monoisotopic (exact) mass is 212 g/mol. The van der Waals surface area contributed by atoms with Crippen LogP contribution in [0.5, 0.6) is 0 Å². The molecule has 1 heteroatoms. The quantitative estimate of drug-likeness (QED) is 0.396. The molecule has 0 aromatic heterocycles. The van der Waals surface area contributed by atoms with Crippen LogP contribution in [-0.2, 0) is 0 Å². The van der Waals surface area contributed by atoms with Gasteiger partial charge < -0.3 is 5.11 Å². The Morgan fingerprint density at radius 3 is 1.80 bits per heavy atom. The molecule has 0 spiro atoms. The van der Waals surface area contributed by atoms with Gasteiger partial charge in [-0.25, -0.2) is 0 Å². The number of unbranched alkanes of at least 4 members (excludes halogenated alkanes) is 8. The molecule has 0 aliphatic heterocycles. The summed E-state index contributed by atoms with van der Waals surface area (Å²) in [5, 5.41) is 8.76. The summed E-state index contributed by atoms with van der Waals surface area (Å²) in [6, 6.07) is 0. The van der Waals surface area contributed by atoms with E-state index in [0.717, 1.165) is 12.0 Å². The number of hydrogen-bond acceptors (Lipinski definition) is 1. The van der Waals surface area contributed by atoms with Crippen molar-refractivity contribution in [1.82, 2.24) is 0 Å². The Hall–Kier alpha value is -0.300. The lowest BCUT2D eigenvalue weighted by molar-refractivity contribution is 0.326. The van der Waals surface area contributed by atoms with Crippen molar-refractivity contribution >= 4 is 0 Å². The molecule has 0 aromatic carbocycles. The van der Waals surface area contributed by atoms with Gasteiger partial charge >= 0.3 is 0 Å². The highest BCUT2D eigenvalue weighted by molar-refractivity contribution is 4.92. The molecule has 0 atom stereocenters. The van der Waals surface area contributed by atoms with Crippen molar-refractivity contribution in [3.8, 4) is 0 Å². The van der Waals surface area contributed by atoms with E-state index < -0.39 is 0 Å². The normalized spacial score (nSPS) is 10.5. The van der Waals surface area contributed by atoms with E-state index in [0.29, 0.717) is 0 Å². The highest BCUT2D eigenvalue weighted by Gasteiger charge is 1.94. The second-order valence-corrected chi connectivity index (χ2v) is 4.49. The fourth-order valence-electron chi connectivity index (χ4n) is 1.76. The van der Waals surface area contributed by atoms with Crippen LogP contribution in [0.3, 0.4) is 0 Å². The van der Waals surface area contributed by atoms with Crippen LogP contribution in [0.15, 0.2) is 12.2 Å². The van der Waals surface area contributed by atoms with Crippen molar-refractivity contribution < 1.29 is 5.11 Å². The molecule has 15 heavy (non-hydrogen) atoms. The molecule has 0 saturated carbocycles. The minimum atomic E-state index is 0.164. The summed E-state index contributed by atoms with van der Waals surface area (Å²) in [4.78, 5) is 0. The summed E-state index contributed by atoms with van der Waals surface area (Å²) in [5.41, 5.74) is 0.984. The Balaban J connectivity index is 2.95. The fourth-order valence-corrected chi connectivity index (χ4v) is 1.76. The molecule has 0 radical (unpaired) electrons. The van der Waals surface area contributed by atoms with E-state index in [1.807, 2.05) is 0 Å². The van der Waals surface area contributed by atoms with Crippen LogP contribution >= 0.6 is 0 Å². The maximum absolute atomic E-state index is 8.76. The summed E-state index contributed by atoms with van der Waals surface area (Å²) in [5.74, 6) is 0. The molecular weight excluding hydrogens is 184 g/mol. The summed E-state index contributed by atoms with van der Waals surface area (Å²) in [7, 11) is 0. The third kappa shape index (κ3) is 11.6. The van der Waals surface area contributed by atoms with Crippen LogP contribution in [0.4, 0.5) is 0 Å². The van der Waals surface area contributed by atoms with Crippen LogP contribution in [0.1, 0.15) is 71.1 Å². The Morgan fingerprint density at radius 1 is 0.867 bits per heavy atom. The van der Waals surface area contributed by atoms with Gasteiger partial charge in [-0.2, -0.15) is 0 Å². The van der Waals surface area contributed by atoms with Gasteiger partial charge in [-0.1, -0.05) is 70.4 Å². The summed E-state index contributed by atoms with van der Waals surface area (Å²) < 4.78 is 0. The van der Waals surface area contributed by atoms with Gasteiger partial charge in [-0.15, -0.1) is 0 Å². The molecule has 0 aromatic rings. The molecule has 1 nitrogen and oxygen atoms in total. The molecule has 0 saturated heterocycles. The first-order valence-electron chi connectivity index (χ1n) is 6.58. The smallest absolute Gasteiger partial charge is 0.0639 e. The molecule has 90 valence electrons. The van der Waals surface area contributed by atoms with Crippen LogP contribution in [0.2, 0.25) is 0 Å². The van der Waals surface area contributed by atoms with E-state index in [9.17, 15) is 0 Å². The highest BCUT2D eigenvalue weighted by Crippen LogP contribution is 2.12. The zero-order valence-electron chi connectivity index (χ0n) is 10.4. The van der Waals surface area contributed by atoms with Gasteiger partial charge in [0.2, 0.25) is 0 Å². The van der Waals surface area contributed by atoms with Crippen LogP contribution in [-0.4, -0.2) is 11.7 Å². The first-order chi connectivity index (χ1) is 7.31. The molecule has 0 amide bonds. The van der Waals surface area contributed by atoms with E-state index in [1.165, 1.54) is 57.8 Å². The Bertz CT molecular complexity index is 140. The van der Waals surface area contributed by atoms with E-state index >= 15 is 0 Å². The first kappa shape index (κ1) is 14.7. The van der Waals surface area contributed by atoms with Gasteiger partial charge in [-0.3, -0.25) is 0 Å². The predicted molar refractivity (Wildman–Crippen MR) is 68.1 cm³/mol. The minimum absolute atomic E-state index is 0.164. The van der Waals surface area contributed by atoms with Crippen LogP contribution in [0.25, 0.3) is 0 Å². The lowest BCUT2D eigenvalue weighted by atomic mass is 10.0. The molecule has 0 aliphatic rings. The number of aliphatic hydroxyl groups excluding tert-OH is 1. The predicted octanol–water partition coefficient (Wildman–Crippen LogP) is 4.46. The molecule has 1 N–H and O–H groups in total. The van der Waals surface area contributed by atoms with Gasteiger partial charge in [0.1, 0.15) is 0 Å². The van der Waals surface area contributed by atoms with Crippen molar-refractivity contribution in [1.29, 1.82) is 0 Å². The summed E-state index contributed by atoms with van der Waals surface area (Å²) in [6.45, 7) is 6.21. The number of aliphatic hydroxyl groups is 1. The number of rotatable bonds is 11. The lowest BCUT2D eigenvalue weighted by Gasteiger charge is -2.02. The van der Waals surface area contributed by atoms with Crippen molar-refractivity contribution in [2.75, 3.05) is 6.61 Å². The van der Waals surface area contributed by atoms with Crippen molar-refractivity contribution in [3.63, 3.8) is 0 Å². The average molecular weight is 212 g/mol. The molecule has 0 heterocycles. The number of hydrogen-bond donors (Lipinski definition) is 1. The summed E-state index contributed by atoms with van der Waals surface area (Å²) >= 11 is 0. The first-order valence-corrected chi connectivity index (χ1v) is 6.58. The van der Waals surface area contributed by atoms with E-state index in [1.54, 1.807) is 0 Å². The van der Waals surface area contributed by atoms with E-state index in [4.69, 9.17) is 5.11 Å². The van der Waals surface area contributed by atoms with Crippen LogP contribution < -0.4 is 0 Å². The van der Waals surface area contributed by atoms with Crippen LogP contribution in [0, 0.1) is 0 Å². The lowest BCUT2D eigenvalue weighted by Crippen LogP contribution is -1.88. The molecule has 0 fully saturated rings. The fraction of sp³-hybridized carbons (Fsp3) is 0.857. The topological polar surface area (TPSA) is 20.2 Å². The van der Waals surface area contributed by atoms with E-state index in [-0.39, 0.29) is 6.61 Å². The van der Waals surface area contributed by atoms with Crippen molar-refractivity contribution in [2.24, 2.45) is 0 Å². The molecular formula is C14H28O. The van der Waals surface area contributed by atoms with E-state index in [2.05, 4.69) is 13.5 Å². The Labute approximate surface area is 95.6 Å². The maximum Gasteiger partial charge on any atom is 0.0639 e.